The van der Waals surface area contributed by atoms with E-state index < -0.39 is 44.9 Å². The minimum absolute atomic E-state index is 0.0910. The summed E-state index contributed by atoms with van der Waals surface area (Å²) in [6.07, 6.45) is 1.99. The lowest BCUT2D eigenvalue weighted by Crippen LogP contribution is -2.55. The van der Waals surface area contributed by atoms with Gasteiger partial charge in [-0.15, -0.1) is 0 Å². The van der Waals surface area contributed by atoms with Gasteiger partial charge in [-0.25, -0.2) is 26.9 Å². The number of nitrogens with two attached hydrogens (primary N) is 1. The fraction of sp³-hybridized carbons (Fsp3) is 0.647. The Morgan fingerprint density at radius 2 is 2.04 bits per heavy atom. The second-order valence-electron chi connectivity index (χ2n) is 8.09. The van der Waals surface area contributed by atoms with Crippen molar-refractivity contribution in [1.82, 2.24) is 9.62 Å². The molecule has 0 aromatic carbocycles. The van der Waals surface area contributed by atoms with Crippen LogP contribution in [0.5, 0.6) is 0 Å². The Hall–Kier alpha value is -1.94. The Morgan fingerprint density at radius 3 is 2.59 bits per heavy atom. The number of nitrogens with one attached hydrogen (secondary N) is 1. The van der Waals surface area contributed by atoms with Crippen molar-refractivity contribution in [3.8, 4) is 0 Å². The summed E-state index contributed by atoms with van der Waals surface area (Å²) in [4.78, 5) is 16.4. The van der Waals surface area contributed by atoms with Gasteiger partial charge in [0.05, 0.1) is 5.75 Å². The lowest BCUT2D eigenvalue weighted by atomic mass is 9.84. The van der Waals surface area contributed by atoms with Gasteiger partial charge in [-0.2, -0.15) is 0 Å². The summed E-state index contributed by atoms with van der Waals surface area (Å²) in [6.45, 7) is 8.29. The number of ether oxygens (including phenoxy) is 1. The molecule has 2 aliphatic rings. The zero-order chi connectivity index (χ0) is 20.8. The third-order valence-corrected chi connectivity index (χ3v) is 6.29. The standard InChI is InChI=1S/C17H27FN4O4S/c1-10-7-12(18)11(8-13(10)19)17(5)9-27(24,25)22(6)14(21-17)20-15(23)26-16(2,3)4/h7-8,10,13H,9,19H2,1-6H3,(H,20,21,23). The molecule has 0 saturated heterocycles. The van der Waals surface area contributed by atoms with E-state index in [9.17, 15) is 17.6 Å². The van der Waals surface area contributed by atoms with Gasteiger partial charge in [0.25, 0.3) is 0 Å². The van der Waals surface area contributed by atoms with Gasteiger partial charge >= 0.3 is 6.09 Å². The summed E-state index contributed by atoms with van der Waals surface area (Å²) in [7, 11) is -2.59. The van der Waals surface area contributed by atoms with E-state index in [4.69, 9.17) is 10.5 Å². The molecule has 1 aliphatic carbocycles. The van der Waals surface area contributed by atoms with Gasteiger partial charge < -0.3 is 10.5 Å². The van der Waals surface area contributed by atoms with E-state index in [1.165, 1.54) is 26.1 Å². The Bertz CT molecular complexity index is 828. The van der Waals surface area contributed by atoms with Crippen molar-refractivity contribution < 1.29 is 22.3 Å². The van der Waals surface area contributed by atoms with Crippen LogP contribution in [0.4, 0.5) is 9.18 Å². The van der Waals surface area contributed by atoms with Crippen LogP contribution in [0.2, 0.25) is 0 Å². The maximum atomic E-state index is 14.6. The fourth-order valence-corrected chi connectivity index (χ4v) is 4.33. The third kappa shape index (κ3) is 4.67. The average molecular weight is 402 g/mol. The molecule has 0 fully saturated rings. The van der Waals surface area contributed by atoms with E-state index in [0.717, 1.165) is 4.31 Å². The summed E-state index contributed by atoms with van der Waals surface area (Å²) in [5, 5.41) is 2.35. The van der Waals surface area contributed by atoms with E-state index in [0.29, 0.717) is 0 Å². The first-order valence-electron chi connectivity index (χ1n) is 8.57. The molecule has 2 rings (SSSR count). The molecule has 27 heavy (non-hydrogen) atoms. The molecule has 0 aromatic heterocycles. The number of nitrogens with zero attached hydrogens (tertiary/aromatic N) is 2. The number of halogens is 1. The van der Waals surface area contributed by atoms with E-state index in [1.807, 2.05) is 0 Å². The Balaban J connectivity index is 2.45. The van der Waals surface area contributed by atoms with E-state index >= 15 is 0 Å². The number of guanidine groups is 1. The zero-order valence-electron chi connectivity index (χ0n) is 16.4. The second-order valence-corrected chi connectivity index (χ2v) is 10.1. The normalized spacial score (nSPS) is 30.8. The van der Waals surface area contributed by atoms with Crippen LogP contribution in [-0.4, -0.2) is 54.8 Å². The molecule has 0 aromatic rings. The van der Waals surface area contributed by atoms with Crippen LogP contribution < -0.4 is 11.1 Å². The topological polar surface area (TPSA) is 114 Å². The number of carbonyl (C=O) groups is 1. The van der Waals surface area contributed by atoms with Gasteiger partial charge in [0.15, 0.2) is 0 Å². The Labute approximate surface area is 159 Å². The monoisotopic (exact) mass is 402 g/mol. The van der Waals surface area contributed by atoms with Gasteiger partial charge in [0, 0.05) is 18.7 Å². The molecule has 0 bridgehead atoms. The maximum absolute atomic E-state index is 14.6. The quantitative estimate of drug-likeness (QED) is 0.692. The Kier molecular flexibility index (Phi) is 5.46. The van der Waals surface area contributed by atoms with Gasteiger partial charge in [-0.3, -0.25) is 5.32 Å². The molecular weight excluding hydrogens is 375 g/mol. The van der Waals surface area contributed by atoms with Gasteiger partial charge in [-0.1, -0.05) is 13.0 Å². The van der Waals surface area contributed by atoms with Crippen molar-refractivity contribution in [2.24, 2.45) is 16.6 Å². The smallest absolute Gasteiger partial charge is 0.414 e. The number of aliphatic imine (C=N–C) groups is 1. The molecule has 3 unspecified atom stereocenters. The highest BCUT2D eigenvalue weighted by Gasteiger charge is 2.45. The molecule has 152 valence electrons. The van der Waals surface area contributed by atoms with E-state index in [2.05, 4.69) is 10.3 Å². The largest absolute Gasteiger partial charge is 0.444 e. The number of alkyl carbamates (subject to hydrolysis) is 1. The lowest BCUT2D eigenvalue weighted by Gasteiger charge is -2.38. The van der Waals surface area contributed by atoms with E-state index in [-0.39, 0.29) is 17.5 Å². The van der Waals surface area contributed by atoms with Crippen molar-refractivity contribution in [3.05, 3.63) is 23.6 Å². The van der Waals surface area contributed by atoms with Gasteiger partial charge in [0.1, 0.15) is 17.0 Å². The Morgan fingerprint density at radius 1 is 1.44 bits per heavy atom. The molecule has 0 radical (unpaired) electrons. The molecule has 3 N–H and O–H groups in total. The third-order valence-electron chi connectivity index (χ3n) is 4.36. The van der Waals surface area contributed by atoms with Crippen LogP contribution in [0.25, 0.3) is 0 Å². The van der Waals surface area contributed by atoms with Gasteiger partial charge in [0.2, 0.25) is 16.0 Å². The summed E-state index contributed by atoms with van der Waals surface area (Å²) in [5.74, 6) is -1.47. The maximum Gasteiger partial charge on any atom is 0.414 e. The number of rotatable bonds is 1. The fourth-order valence-electron chi connectivity index (χ4n) is 2.85. The molecule has 3 atom stereocenters. The number of carbonyl (C=O) groups excluding carboxylic acids is 1. The second kappa shape index (κ2) is 6.90. The first kappa shape index (κ1) is 21.4. The number of hydrogen-bond acceptors (Lipinski definition) is 6. The summed E-state index contributed by atoms with van der Waals surface area (Å²) in [5.41, 5.74) is 3.87. The van der Waals surface area contributed by atoms with Crippen LogP contribution in [0, 0.1) is 5.92 Å². The molecule has 10 heteroatoms. The number of hydrogen-bond donors (Lipinski definition) is 2. The minimum Gasteiger partial charge on any atom is -0.444 e. The van der Waals surface area contributed by atoms with Crippen LogP contribution in [0.3, 0.4) is 0 Å². The highest BCUT2D eigenvalue weighted by atomic mass is 32.2. The predicted octanol–water partition coefficient (Wildman–Crippen LogP) is 1.66. The molecule has 1 amide bonds. The van der Waals surface area contributed by atoms with Crippen LogP contribution in [-0.2, 0) is 14.8 Å². The molecule has 1 aliphatic heterocycles. The molecule has 1 heterocycles. The van der Waals surface area contributed by atoms with Crippen molar-refractivity contribution in [2.45, 2.75) is 51.8 Å². The molecule has 0 spiro atoms. The first-order valence-corrected chi connectivity index (χ1v) is 10.2. The predicted molar refractivity (Wildman–Crippen MR) is 101 cm³/mol. The van der Waals surface area contributed by atoms with Crippen LogP contribution in [0.1, 0.15) is 34.6 Å². The highest BCUT2D eigenvalue weighted by Crippen LogP contribution is 2.37. The average Bonchev–Trinajstić information content (AvgIpc) is 2.45. The molecular formula is C17H27FN4O4S. The summed E-state index contributed by atoms with van der Waals surface area (Å²) in [6, 6.07) is -0.462. The summed E-state index contributed by atoms with van der Waals surface area (Å²) < 4.78 is 45.9. The van der Waals surface area contributed by atoms with Crippen molar-refractivity contribution in [3.63, 3.8) is 0 Å². The lowest BCUT2D eigenvalue weighted by molar-refractivity contribution is 0.0559. The summed E-state index contributed by atoms with van der Waals surface area (Å²) >= 11 is 0. The molecule has 0 saturated carbocycles. The first-order chi connectivity index (χ1) is 12.1. The highest BCUT2D eigenvalue weighted by molar-refractivity contribution is 7.89. The van der Waals surface area contributed by atoms with Crippen molar-refractivity contribution in [1.29, 1.82) is 0 Å². The van der Waals surface area contributed by atoms with Crippen molar-refractivity contribution >= 4 is 22.1 Å². The minimum atomic E-state index is -3.85. The van der Waals surface area contributed by atoms with Gasteiger partial charge in [-0.05, 0) is 39.7 Å². The van der Waals surface area contributed by atoms with Crippen LogP contribution >= 0.6 is 0 Å². The van der Waals surface area contributed by atoms with Crippen molar-refractivity contribution in [2.75, 3.05) is 12.8 Å². The van der Waals surface area contributed by atoms with E-state index in [1.54, 1.807) is 27.7 Å². The number of sulfonamides is 1. The van der Waals surface area contributed by atoms with Crippen LogP contribution in [0.15, 0.2) is 28.5 Å². The zero-order valence-corrected chi connectivity index (χ0v) is 17.2. The SMILES string of the molecule is CC1C=C(F)C(C2(C)CS(=O)(=O)N(C)C(NC(=O)OC(C)(C)C)=N2)=CC1N. The number of amides is 1. The molecule has 8 nitrogen and oxygen atoms in total.